The summed E-state index contributed by atoms with van der Waals surface area (Å²) in [4.78, 5) is 12.5. The summed E-state index contributed by atoms with van der Waals surface area (Å²) in [5.41, 5.74) is 3.24. The Morgan fingerprint density at radius 1 is 1.23 bits per heavy atom. The van der Waals surface area contributed by atoms with E-state index in [0.29, 0.717) is 6.04 Å². The van der Waals surface area contributed by atoms with Crippen molar-refractivity contribution in [3.8, 4) is 0 Å². The van der Waals surface area contributed by atoms with Crippen LogP contribution in [0.25, 0.3) is 0 Å². The SMILES string of the molecule is C.C.C=O.CC(C)(C)[C@@H](CN1Cc2ccccc2C1)N[CH]=[V]. The Labute approximate surface area is 146 Å². The van der Waals surface area contributed by atoms with Crippen LogP contribution in [0.1, 0.15) is 46.8 Å². The average Bonchev–Trinajstić information content (AvgIpc) is 2.82. The second-order valence-electron chi connectivity index (χ2n) is 6.15. The van der Waals surface area contributed by atoms with E-state index in [1.165, 1.54) is 11.1 Å². The second-order valence-corrected chi connectivity index (χ2v) is 6.56. The van der Waals surface area contributed by atoms with E-state index in [1.807, 2.05) is 11.6 Å². The van der Waals surface area contributed by atoms with Crippen LogP contribution in [0, 0.1) is 5.41 Å². The summed E-state index contributed by atoms with van der Waals surface area (Å²) >= 11 is 2.50. The molecule has 0 aliphatic carbocycles. The van der Waals surface area contributed by atoms with Gasteiger partial charge in [0.1, 0.15) is 6.79 Å². The third kappa shape index (κ3) is 6.57. The molecule has 1 N–H and O–H groups in total. The molecule has 125 valence electrons. The molecule has 0 fully saturated rings. The maximum atomic E-state index is 8.00. The number of hydrogen-bond donors (Lipinski definition) is 1. The van der Waals surface area contributed by atoms with E-state index in [1.54, 1.807) is 0 Å². The van der Waals surface area contributed by atoms with E-state index in [-0.39, 0.29) is 20.3 Å². The third-order valence-electron chi connectivity index (χ3n) is 3.67. The molecule has 1 aromatic rings. The van der Waals surface area contributed by atoms with Crippen LogP contribution in [0.15, 0.2) is 24.3 Å². The van der Waals surface area contributed by atoms with Crippen LogP contribution in [0.4, 0.5) is 0 Å². The van der Waals surface area contributed by atoms with Gasteiger partial charge in [-0.15, -0.1) is 0 Å². The van der Waals surface area contributed by atoms with Crippen molar-refractivity contribution < 1.29 is 21.8 Å². The Morgan fingerprint density at radius 3 is 2.05 bits per heavy atom. The van der Waals surface area contributed by atoms with Gasteiger partial charge in [0.25, 0.3) is 0 Å². The van der Waals surface area contributed by atoms with Crippen LogP contribution in [-0.2, 0) is 34.9 Å². The van der Waals surface area contributed by atoms with Crippen molar-refractivity contribution in [3.63, 3.8) is 0 Å². The molecule has 1 aliphatic heterocycles. The number of nitrogens with one attached hydrogen (secondary N) is 1. The van der Waals surface area contributed by atoms with Crippen LogP contribution in [-0.4, -0.2) is 29.1 Å². The predicted molar refractivity (Wildman–Crippen MR) is 93.6 cm³/mol. The summed E-state index contributed by atoms with van der Waals surface area (Å²) in [5.74, 6) is 0. The summed E-state index contributed by atoms with van der Waals surface area (Å²) in [6.07, 6.45) is 0. The van der Waals surface area contributed by atoms with Gasteiger partial charge in [-0.05, 0) is 0 Å². The molecule has 0 saturated heterocycles. The molecule has 0 amide bonds. The van der Waals surface area contributed by atoms with Gasteiger partial charge in [-0.1, -0.05) is 14.9 Å². The van der Waals surface area contributed by atoms with E-state index in [2.05, 4.69) is 72.2 Å². The number of carbonyl (C=O) groups is 1. The molecule has 1 aromatic carbocycles. The summed E-state index contributed by atoms with van der Waals surface area (Å²) in [6, 6.07) is 9.25. The normalized spacial score (nSPS) is 14.5. The molecule has 22 heavy (non-hydrogen) atoms. The van der Waals surface area contributed by atoms with Gasteiger partial charge in [-0.25, -0.2) is 0 Å². The third-order valence-corrected chi connectivity index (χ3v) is 3.90. The fraction of sp³-hybridized carbons (Fsp3) is 0.556. The number of rotatable bonds is 4. The first-order chi connectivity index (χ1) is 9.50. The molecular weight excluding hydrogens is 311 g/mol. The molecule has 0 aromatic heterocycles. The zero-order valence-corrected chi connectivity index (χ0v) is 14.0. The van der Waals surface area contributed by atoms with Crippen LogP contribution >= 0.6 is 0 Å². The summed E-state index contributed by atoms with van der Waals surface area (Å²) in [7, 11) is 0. The molecule has 0 spiro atoms. The number of benzene rings is 1. The summed E-state index contributed by atoms with van der Waals surface area (Å²) in [6.45, 7) is 12.2. The summed E-state index contributed by atoms with van der Waals surface area (Å²) in [5, 5.41) is 3.48. The van der Waals surface area contributed by atoms with E-state index in [4.69, 9.17) is 4.79 Å². The van der Waals surface area contributed by atoms with Crippen LogP contribution < -0.4 is 5.32 Å². The van der Waals surface area contributed by atoms with Gasteiger partial charge in [0.2, 0.25) is 0 Å². The molecule has 3 nitrogen and oxygen atoms in total. The standard InChI is InChI=1S/C15H22N2.CH2O.2CH4.V/c1-15(2,3)14(16-4)11-17-9-12-7-5-6-8-13(12)10-17;1-2;;;/h4-8,14,16H,9-11H2,1-3H3;1H2;2*1H4;/t14-;;;;/m1..../s1. The van der Waals surface area contributed by atoms with Gasteiger partial charge in [0.05, 0.1) is 0 Å². The molecule has 0 unspecified atom stereocenters. The molecular formula is C18H32N2OV. The number of hydrogen-bond acceptors (Lipinski definition) is 3. The Balaban J connectivity index is 0. The molecule has 1 atom stereocenters. The van der Waals surface area contributed by atoms with E-state index in [9.17, 15) is 0 Å². The van der Waals surface area contributed by atoms with Gasteiger partial charge < -0.3 is 4.79 Å². The maximum absolute atomic E-state index is 8.00. The van der Waals surface area contributed by atoms with Crippen molar-refractivity contribution in [3.05, 3.63) is 35.4 Å². The summed E-state index contributed by atoms with van der Waals surface area (Å²) < 4.78 is 0. The Morgan fingerprint density at radius 2 is 1.68 bits per heavy atom. The molecule has 2 rings (SSSR count). The van der Waals surface area contributed by atoms with E-state index < -0.39 is 0 Å². The van der Waals surface area contributed by atoms with Crippen molar-refractivity contribution in [1.82, 2.24) is 10.2 Å². The number of nitrogens with zero attached hydrogens (tertiary/aromatic N) is 1. The van der Waals surface area contributed by atoms with Gasteiger partial charge in [0.15, 0.2) is 0 Å². The van der Waals surface area contributed by atoms with Gasteiger partial charge >= 0.3 is 119 Å². The monoisotopic (exact) mass is 343 g/mol. The molecule has 0 bridgehead atoms. The Bertz CT molecular complexity index is 418. The zero-order chi connectivity index (χ0) is 15.2. The molecule has 4 heteroatoms. The minimum atomic E-state index is 0. The average molecular weight is 343 g/mol. The fourth-order valence-corrected chi connectivity index (χ4v) is 2.74. The van der Waals surface area contributed by atoms with Crippen molar-refractivity contribution in [2.24, 2.45) is 5.41 Å². The van der Waals surface area contributed by atoms with Crippen molar-refractivity contribution >= 4 is 11.6 Å². The molecule has 0 saturated carbocycles. The van der Waals surface area contributed by atoms with Crippen molar-refractivity contribution in [2.75, 3.05) is 6.54 Å². The van der Waals surface area contributed by atoms with E-state index in [0.717, 1.165) is 19.6 Å². The second kappa shape index (κ2) is 10.9. The van der Waals surface area contributed by atoms with Crippen LogP contribution in [0.2, 0.25) is 0 Å². The first-order valence-electron chi connectivity index (χ1n) is 6.80. The van der Waals surface area contributed by atoms with Gasteiger partial charge in [0, 0.05) is 0 Å². The topological polar surface area (TPSA) is 32.3 Å². The Kier molecular flexibility index (Phi) is 11.7. The number of carbonyl (C=O) groups excluding carboxylic acids is 1. The minimum absolute atomic E-state index is 0. The Hall–Kier alpha value is -0.736. The van der Waals surface area contributed by atoms with Gasteiger partial charge in [-0.3, -0.25) is 0 Å². The van der Waals surface area contributed by atoms with E-state index >= 15 is 0 Å². The quantitative estimate of drug-likeness (QED) is 0.909. The van der Waals surface area contributed by atoms with Crippen molar-refractivity contribution in [1.29, 1.82) is 0 Å². The molecule has 1 heterocycles. The zero-order valence-electron chi connectivity index (χ0n) is 12.6. The van der Waals surface area contributed by atoms with Crippen molar-refractivity contribution in [2.45, 2.75) is 54.8 Å². The molecule has 1 aliphatic rings. The van der Waals surface area contributed by atoms with Crippen LogP contribution in [0.3, 0.4) is 0 Å². The molecule has 0 radical (unpaired) electrons. The number of fused-ring (bicyclic) bond motifs is 1. The fourth-order valence-electron chi connectivity index (χ4n) is 2.46. The first kappa shape index (κ1) is 23.5. The predicted octanol–water partition coefficient (Wildman–Crippen LogP) is 3.40. The van der Waals surface area contributed by atoms with Gasteiger partial charge in [-0.2, -0.15) is 0 Å². The van der Waals surface area contributed by atoms with Crippen LogP contribution in [0.5, 0.6) is 0 Å². The first-order valence-corrected chi connectivity index (χ1v) is 7.61.